The van der Waals surface area contributed by atoms with Crippen molar-refractivity contribution in [2.45, 2.75) is 38.1 Å². The van der Waals surface area contributed by atoms with Crippen molar-refractivity contribution in [1.82, 2.24) is 15.1 Å². The van der Waals surface area contributed by atoms with Crippen LogP contribution in [-0.2, 0) is 0 Å². The highest BCUT2D eigenvalue weighted by Gasteiger charge is 2.18. The third-order valence-electron chi connectivity index (χ3n) is 3.23. The third kappa shape index (κ3) is 3.22. The van der Waals surface area contributed by atoms with Crippen LogP contribution in [-0.4, -0.2) is 34.1 Å². The first-order valence-corrected chi connectivity index (χ1v) is 6.50. The van der Waals surface area contributed by atoms with E-state index < -0.39 is 0 Å². The van der Waals surface area contributed by atoms with Gasteiger partial charge in [-0.05, 0) is 12.8 Å². The Balaban J connectivity index is 1.96. The van der Waals surface area contributed by atoms with Crippen LogP contribution in [0.25, 0.3) is 0 Å². The van der Waals surface area contributed by atoms with Crippen LogP contribution in [0.5, 0.6) is 0 Å². The van der Waals surface area contributed by atoms with Crippen LogP contribution in [0, 0.1) is 0 Å². The molecule has 100 valence electrons. The first-order chi connectivity index (χ1) is 8.81. The lowest BCUT2D eigenvalue weighted by Crippen LogP contribution is -2.32. The highest BCUT2D eigenvalue weighted by molar-refractivity contribution is 5.88. The van der Waals surface area contributed by atoms with E-state index in [0.29, 0.717) is 6.04 Å². The van der Waals surface area contributed by atoms with Crippen LogP contribution in [0.3, 0.4) is 0 Å². The molecule has 0 aromatic carbocycles. The summed E-state index contributed by atoms with van der Waals surface area (Å²) < 4.78 is 1.90. The molecule has 0 radical (unpaired) electrons. The first-order valence-electron chi connectivity index (χ1n) is 6.50. The number of nitrogens with zero attached hydrogens (tertiary/aromatic N) is 2. The van der Waals surface area contributed by atoms with Crippen LogP contribution in [0.2, 0.25) is 0 Å². The molecule has 1 aromatic heterocycles. The average Bonchev–Trinajstić information content (AvgIpc) is 2.85. The van der Waals surface area contributed by atoms with E-state index in [1.165, 1.54) is 19.3 Å². The summed E-state index contributed by atoms with van der Waals surface area (Å²) in [5, 5.41) is 18.3. The molecule has 0 saturated heterocycles. The average molecular weight is 252 g/mol. The van der Waals surface area contributed by atoms with Crippen molar-refractivity contribution in [3.05, 3.63) is 12.3 Å². The van der Waals surface area contributed by atoms with Crippen LogP contribution in [0.4, 0.5) is 10.6 Å². The zero-order valence-corrected chi connectivity index (χ0v) is 10.4. The lowest BCUT2D eigenvalue weighted by Gasteiger charge is -2.23. The number of carbonyl (C=O) groups is 1. The van der Waals surface area contributed by atoms with E-state index in [2.05, 4.69) is 15.7 Å². The van der Waals surface area contributed by atoms with Gasteiger partial charge in [-0.15, -0.1) is 0 Å². The molecule has 0 aliphatic heterocycles. The lowest BCUT2D eigenvalue weighted by atomic mass is 9.96. The first kappa shape index (κ1) is 12.9. The second-order valence-corrected chi connectivity index (χ2v) is 4.56. The topological polar surface area (TPSA) is 79.2 Å². The molecule has 0 unspecified atom stereocenters. The van der Waals surface area contributed by atoms with E-state index in [1.54, 1.807) is 12.3 Å². The number of aliphatic hydroxyl groups excluding tert-OH is 1. The second kappa shape index (κ2) is 6.39. The predicted octanol–water partition coefficient (Wildman–Crippen LogP) is 1.50. The maximum Gasteiger partial charge on any atom is 0.320 e. The van der Waals surface area contributed by atoms with E-state index >= 15 is 0 Å². The van der Waals surface area contributed by atoms with Gasteiger partial charge in [-0.2, -0.15) is 5.10 Å². The number of aliphatic hydroxyl groups is 1. The molecule has 1 saturated carbocycles. The molecule has 1 heterocycles. The molecule has 1 fully saturated rings. The molecule has 3 N–H and O–H groups in total. The SMILES string of the molecule is O=C(NCCO)Nc1ccnn1C1CCCCC1. The van der Waals surface area contributed by atoms with E-state index in [1.807, 2.05) is 4.68 Å². The molecule has 1 aromatic rings. The zero-order valence-electron chi connectivity index (χ0n) is 10.4. The zero-order chi connectivity index (χ0) is 12.8. The highest BCUT2D eigenvalue weighted by Crippen LogP contribution is 2.29. The Labute approximate surface area is 106 Å². The third-order valence-corrected chi connectivity index (χ3v) is 3.23. The van der Waals surface area contributed by atoms with Gasteiger partial charge in [-0.1, -0.05) is 19.3 Å². The van der Waals surface area contributed by atoms with Crippen molar-refractivity contribution < 1.29 is 9.90 Å². The lowest BCUT2D eigenvalue weighted by molar-refractivity contribution is 0.244. The largest absolute Gasteiger partial charge is 0.395 e. The fourth-order valence-corrected chi connectivity index (χ4v) is 2.36. The number of hydrogen-bond donors (Lipinski definition) is 3. The molecule has 6 nitrogen and oxygen atoms in total. The van der Waals surface area contributed by atoms with E-state index in [-0.39, 0.29) is 19.2 Å². The second-order valence-electron chi connectivity index (χ2n) is 4.56. The van der Waals surface area contributed by atoms with E-state index in [4.69, 9.17) is 5.11 Å². The van der Waals surface area contributed by atoms with Crippen molar-refractivity contribution in [2.75, 3.05) is 18.5 Å². The molecule has 18 heavy (non-hydrogen) atoms. The van der Waals surface area contributed by atoms with E-state index in [9.17, 15) is 4.79 Å². The van der Waals surface area contributed by atoms with Crippen LogP contribution in [0.15, 0.2) is 12.3 Å². The van der Waals surface area contributed by atoms with Crippen molar-refractivity contribution in [1.29, 1.82) is 0 Å². The molecule has 1 aliphatic carbocycles. The molecule has 6 heteroatoms. The fraction of sp³-hybridized carbons (Fsp3) is 0.667. The Morgan fingerprint density at radius 3 is 2.94 bits per heavy atom. The van der Waals surface area contributed by atoms with Gasteiger partial charge < -0.3 is 10.4 Å². The predicted molar refractivity (Wildman–Crippen MR) is 68.5 cm³/mol. The summed E-state index contributed by atoms with van der Waals surface area (Å²) in [6, 6.07) is 1.89. The van der Waals surface area contributed by atoms with Crippen LogP contribution >= 0.6 is 0 Å². The molecule has 2 amide bonds. The number of carbonyl (C=O) groups excluding carboxylic acids is 1. The minimum absolute atomic E-state index is 0.0602. The summed E-state index contributed by atoms with van der Waals surface area (Å²) in [5.74, 6) is 0.720. The van der Waals surface area contributed by atoms with Crippen LogP contribution < -0.4 is 10.6 Å². The van der Waals surface area contributed by atoms with Gasteiger partial charge in [0.05, 0.1) is 18.8 Å². The number of amides is 2. The standard InChI is InChI=1S/C12H20N4O2/c17-9-8-13-12(18)15-11-6-7-14-16(11)10-4-2-1-3-5-10/h6-7,10,17H,1-5,8-9H2,(H2,13,15,18). The smallest absolute Gasteiger partial charge is 0.320 e. The summed E-state index contributed by atoms with van der Waals surface area (Å²) in [7, 11) is 0. The summed E-state index contributed by atoms with van der Waals surface area (Å²) in [6.07, 6.45) is 7.68. The maximum atomic E-state index is 11.5. The normalized spacial score (nSPS) is 16.5. The van der Waals surface area contributed by atoms with Crippen molar-refractivity contribution in [3.63, 3.8) is 0 Å². The quantitative estimate of drug-likeness (QED) is 0.759. The monoisotopic (exact) mass is 252 g/mol. The number of anilines is 1. The van der Waals surface area contributed by atoms with Gasteiger partial charge in [-0.25, -0.2) is 9.48 Å². The van der Waals surface area contributed by atoms with Gasteiger partial charge >= 0.3 is 6.03 Å². The highest BCUT2D eigenvalue weighted by atomic mass is 16.3. The Morgan fingerprint density at radius 2 is 2.22 bits per heavy atom. The van der Waals surface area contributed by atoms with Crippen molar-refractivity contribution in [2.24, 2.45) is 0 Å². The Hall–Kier alpha value is -1.56. The van der Waals surface area contributed by atoms with E-state index in [0.717, 1.165) is 18.7 Å². The molecule has 1 aliphatic rings. The molecule has 0 atom stereocenters. The number of aromatic nitrogens is 2. The molecular weight excluding hydrogens is 232 g/mol. The molecule has 2 rings (SSSR count). The van der Waals surface area contributed by atoms with Crippen molar-refractivity contribution in [3.8, 4) is 0 Å². The Kier molecular flexibility index (Phi) is 4.58. The number of rotatable bonds is 4. The summed E-state index contributed by atoms with van der Waals surface area (Å²) in [5.41, 5.74) is 0. The number of urea groups is 1. The maximum absolute atomic E-state index is 11.5. The van der Waals surface area contributed by atoms with Crippen LogP contribution in [0.1, 0.15) is 38.1 Å². The van der Waals surface area contributed by atoms with Gasteiger partial charge in [-0.3, -0.25) is 5.32 Å². The minimum atomic E-state index is -0.304. The summed E-state index contributed by atoms with van der Waals surface area (Å²) >= 11 is 0. The van der Waals surface area contributed by atoms with Crippen molar-refractivity contribution >= 4 is 11.8 Å². The Bertz CT molecular complexity index is 385. The fourth-order valence-electron chi connectivity index (χ4n) is 2.36. The molecule has 0 spiro atoms. The van der Waals surface area contributed by atoms with Gasteiger partial charge in [0.15, 0.2) is 0 Å². The molecule has 0 bridgehead atoms. The van der Waals surface area contributed by atoms with Gasteiger partial charge in [0.1, 0.15) is 5.82 Å². The summed E-state index contributed by atoms with van der Waals surface area (Å²) in [6.45, 7) is 0.193. The Morgan fingerprint density at radius 1 is 1.44 bits per heavy atom. The molecular formula is C12H20N4O2. The number of nitrogens with one attached hydrogen (secondary N) is 2. The van der Waals surface area contributed by atoms with Gasteiger partial charge in [0.2, 0.25) is 0 Å². The van der Waals surface area contributed by atoms with Gasteiger partial charge in [0.25, 0.3) is 0 Å². The van der Waals surface area contributed by atoms with Gasteiger partial charge in [0, 0.05) is 12.6 Å². The minimum Gasteiger partial charge on any atom is -0.395 e. The summed E-state index contributed by atoms with van der Waals surface area (Å²) in [4.78, 5) is 11.5. The number of hydrogen-bond acceptors (Lipinski definition) is 3.